The molecule has 0 aliphatic heterocycles. The topological polar surface area (TPSA) is 9.23 Å². The minimum absolute atomic E-state index is 0.245. The van der Waals surface area contributed by atoms with Crippen LogP contribution in [0.15, 0.2) is 12.3 Å². The molecule has 0 aliphatic rings. The molecule has 1 nitrogen and oxygen atoms in total. The summed E-state index contributed by atoms with van der Waals surface area (Å²) in [5.74, 6) is 0. The first-order valence-corrected chi connectivity index (χ1v) is 3.35. The van der Waals surface area contributed by atoms with Crippen molar-refractivity contribution in [1.82, 2.24) is 0 Å². The first-order chi connectivity index (χ1) is 4.06. The Bertz CT molecular complexity index is 87.2. The van der Waals surface area contributed by atoms with Crippen molar-refractivity contribution in [1.29, 1.82) is 0 Å². The molecule has 0 radical (unpaired) electrons. The summed E-state index contributed by atoms with van der Waals surface area (Å²) in [5, 5.41) is 0. The number of hydrogen-bond donors (Lipinski definition) is 0. The quantitative estimate of drug-likeness (QED) is 0.519. The Morgan fingerprint density at radius 2 is 1.89 bits per heavy atom. The fourth-order valence-corrected chi connectivity index (χ4v) is 0.348. The van der Waals surface area contributed by atoms with E-state index in [1.807, 2.05) is 6.92 Å². The molecule has 54 valence electrons. The van der Waals surface area contributed by atoms with Crippen molar-refractivity contribution in [3.63, 3.8) is 0 Å². The van der Waals surface area contributed by atoms with Gasteiger partial charge in [0.15, 0.2) is 0 Å². The van der Waals surface area contributed by atoms with Crippen molar-refractivity contribution < 1.29 is 4.74 Å². The van der Waals surface area contributed by atoms with Crippen LogP contribution >= 0.6 is 0 Å². The third-order valence-electron chi connectivity index (χ3n) is 0.831. The predicted octanol–water partition coefficient (Wildman–Crippen LogP) is 2.58. The van der Waals surface area contributed by atoms with Crippen molar-refractivity contribution in [2.75, 3.05) is 6.61 Å². The van der Waals surface area contributed by atoms with Crippen LogP contribution in [0, 0.1) is 5.41 Å². The Hall–Kier alpha value is -0.460. The first-order valence-electron chi connectivity index (χ1n) is 3.35. The highest BCUT2D eigenvalue weighted by Gasteiger charge is 2.02. The van der Waals surface area contributed by atoms with Crippen LogP contribution < -0.4 is 0 Å². The van der Waals surface area contributed by atoms with E-state index in [9.17, 15) is 0 Å². The summed E-state index contributed by atoms with van der Waals surface area (Å²) in [4.78, 5) is 0. The molecule has 0 bridgehead atoms. The van der Waals surface area contributed by atoms with Gasteiger partial charge < -0.3 is 4.74 Å². The molecule has 0 rings (SSSR count). The van der Waals surface area contributed by atoms with Gasteiger partial charge in [-0.2, -0.15) is 0 Å². The molecule has 0 N–H and O–H groups in total. The maximum Gasteiger partial charge on any atom is 0.0845 e. The molecular weight excluding hydrogens is 112 g/mol. The molecule has 0 saturated carbocycles. The summed E-state index contributed by atoms with van der Waals surface area (Å²) in [6, 6.07) is 0. The molecule has 0 unspecified atom stereocenters. The lowest BCUT2D eigenvalue weighted by molar-refractivity contribution is 0.264. The van der Waals surface area contributed by atoms with E-state index in [0.29, 0.717) is 0 Å². The standard InChI is InChI=1S/C8H16O/c1-5-9-7-6-8(2,3)4/h6-7H,5H2,1-4H3/b7-6-. The zero-order chi connectivity index (χ0) is 7.33. The molecule has 0 atom stereocenters. The zero-order valence-electron chi connectivity index (χ0n) is 6.77. The second-order valence-corrected chi connectivity index (χ2v) is 3.12. The van der Waals surface area contributed by atoms with Gasteiger partial charge >= 0.3 is 0 Å². The van der Waals surface area contributed by atoms with E-state index in [0.717, 1.165) is 6.61 Å². The summed E-state index contributed by atoms with van der Waals surface area (Å²) in [7, 11) is 0. The molecule has 0 saturated heterocycles. The molecule has 0 heterocycles. The van der Waals surface area contributed by atoms with E-state index >= 15 is 0 Å². The van der Waals surface area contributed by atoms with Crippen molar-refractivity contribution in [3.8, 4) is 0 Å². The smallest absolute Gasteiger partial charge is 0.0845 e. The third kappa shape index (κ3) is 7.54. The Kier molecular flexibility index (Phi) is 3.36. The maximum atomic E-state index is 5.03. The van der Waals surface area contributed by atoms with Crippen LogP contribution in [-0.4, -0.2) is 6.61 Å². The lowest BCUT2D eigenvalue weighted by Gasteiger charge is -2.10. The third-order valence-corrected chi connectivity index (χ3v) is 0.831. The van der Waals surface area contributed by atoms with Crippen molar-refractivity contribution in [3.05, 3.63) is 12.3 Å². The van der Waals surface area contributed by atoms with Crippen LogP contribution in [0.5, 0.6) is 0 Å². The van der Waals surface area contributed by atoms with Crippen LogP contribution in [0.25, 0.3) is 0 Å². The van der Waals surface area contributed by atoms with Gasteiger partial charge in [-0.25, -0.2) is 0 Å². The van der Waals surface area contributed by atoms with Crippen molar-refractivity contribution >= 4 is 0 Å². The van der Waals surface area contributed by atoms with Crippen LogP contribution in [0.4, 0.5) is 0 Å². The van der Waals surface area contributed by atoms with Gasteiger partial charge in [0.05, 0.1) is 12.9 Å². The van der Waals surface area contributed by atoms with Crippen LogP contribution in [0.3, 0.4) is 0 Å². The maximum absolute atomic E-state index is 5.03. The van der Waals surface area contributed by atoms with Crippen LogP contribution in [-0.2, 0) is 4.74 Å². The number of allylic oxidation sites excluding steroid dienone is 1. The van der Waals surface area contributed by atoms with Gasteiger partial charge in [0.1, 0.15) is 0 Å². The molecule has 0 amide bonds. The lowest BCUT2D eigenvalue weighted by Crippen LogP contribution is -1.98. The SMILES string of the molecule is CCO/C=C\C(C)(C)C. The van der Waals surface area contributed by atoms with E-state index in [4.69, 9.17) is 4.74 Å². The van der Waals surface area contributed by atoms with Crippen LogP contribution in [0.1, 0.15) is 27.7 Å². The highest BCUT2D eigenvalue weighted by Crippen LogP contribution is 2.13. The monoisotopic (exact) mass is 128 g/mol. The second kappa shape index (κ2) is 3.54. The molecule has 0 aromatic rings. The summed E-state index contributed by atoms with van der Waals surface area (Å²) in [6.07, 6.45) is 3.82. The van der Waals surface area contributed by atoms with Gasteiger partial charge in [0, 0.05) is 0 Å². The van der Waals surface area contributed by atoms with Crippen LogP contribution in [0.2, 0.25) is 0 Å². The average Bonchev–Trinajstić information content (AvgIpc) is 1.63. The van der Waals surface area contributed by atoms with Crippen molar-refractivity contribution in [2.45, 2.75) is 27.7 Å². The molecule has 0 spiro atoms. The van der Waals surface area contributed by atoms with Gasteiger partial charge in [-0.1, -0.05) is 20.8 Å². The number of hydrogen-bond acceptors (Lipinski definition) is 1. The van der Waals surface area contributed by atoms with E-state index in [-0.39, 0.29) is 5.41 Å². The van der Waals surface area contributed by atoms with Crippen molar-refractivity contribution in [2.24, 2.45) is 5.41 Å². The fourth-order valence-electron chi connectivity index (χ4n) is 0.348. The minimum Gasteiger partial charge on any atom is -0.502 e. The number of rotatable bonds is 2. The Labute approximate surface area is 57.7 Å². The predicted molar refractivity (Wildman–Crippen MR) is 40.2 cm³/mol. The molecular formula is C8H16O. The normalized spacial score (nSPS) is 12.4. The molecule has 0 aromatic heterocycles. The first kappa shape index (κ1) is 8.54. The van der Waals surface area contributed by atoms with Gasteiger partial charge in [-0.05, 0) is 18.4 Å². The second-order valence-electron chi connectivity index (χ2n) is 3.12. The van der Waals surface area contributed by atoms with E-state index in [1.54, 1.807) is 6.26 Å². The molecule has 0 aliphatic carbocycles. The Morgan fingerprint density at radius 1 is 1.33 bits per heavy atom. The Balaban J connectivity index is 3.45. The van der Waals surface area contributed by atoms with Gasteiger partial charge in [0.25, 0.3) is 0 Å². The summed E-state index contributed by atoms with van der Waals surface area (Å²) >= 11 is 0. The zero-order valence-corrected chi connectivity index (χ0v) is 6.77. The molecule has 9 heavy (non-hydrogen) atoms. The van der Waals surface area contributed by atoms with E-state index < -0.39 is 0 Å². The lowest BCUT2D eigenvalue weighted by atomic mass is 9.97. The Morgan fingerprint density at radius 3 is 2.22 bits per heavy atom. The highest BCUT2D eigenvalue weighted by atomic mass is 16.5. The average molecular weight is 128 g/mol. The minimum atomic E-state index is 0.245. The van der Waals surface area contributed by atoms with Gasteiger partial charge in [-0.3, -0.25) is 0 Å². The molecule has 0 fully saturated rings. The molecule has 1 heteroatoms. The van der Waals surface area contributed by atoms with Gasteiger partial charge in [0.2, 0.25) is 0 Å². The molecule has 0 aromatic carbocycles. The summed E-state index contributed by atoms with van der Waals surface area (Å²) < 4.78 is 5.03. The summed E-state index contributed by atoms with van der Waals surface area (Å²) in [5.41, 5.74) is 0.245. The highest BCUT2D eigenvalue weighted by molar-refractivity contribution is 4.86. The fraction of sp³-hybridized carbons (Fsp3) is 0.750. The largest absolute Gasteiger partial charge is 0.502 e. The van der Waals surface area contributed by atoms with E-state index in [1.165, 1.54) is 0 Å². The number of ether oxygens (including phenoxy) is 1. The van der Waals surface area contributed by atoms with Gasteiger partial charge in [-0.15, -0.1) is 0 Å². The van der Waals surface area contributed by atoms with E-state index in [2.05, 4.69) is 26.8 Å². The summed E-state index contributed by atoms with van der Waals surface area (Å²) in [6.45, 7) is 9.16.